The number of pyridine rings is 1. The first kappa shape index (κ1) is 63.0. The molecule has 0 amide bonds. The molecule has 6 nitrogen and oxygen atoms in total. The Morgan fingerprint density at radius 1 is 0.390 bits per heavy atom. The number of azide groups is 1. The maximum absolute atomic E-state index is 14.2. The molecule has 0 spiro atoms. The summed E-state index contributed by atoms with van der Waals surface area (Å²) < 4.78 is 343. The maximum atomic E-state index is 14.2. The Morgan fingerprint density at radius 2 is 0.683 bits per heavy atom. The zero-order valence-corrected chi connectivity index (χ0v) is 39.9. The fraction of sp³-hybridized carbons (Fsp3) is 0.196. The first-order valence-corrected chi connectivity index (χ1v) is 22.4. The highest BCUT2D eigenvalue weighted by Crippen LogP contribution is 2.41. The van der Waals surface area contributed by atoms with E-state index in [1.54, 1.807) is 34.9 Å². The number of hydrogen-bond acceptors (Lipinski definition) is 3. The van der Waals surface area contributed by atoms with Gasteiger partial charge in [-0.05, 0) is 41.9 Å². The molecule has 0 atom stereocenters. The zero-order chi connectivity index (χ0) is 61.6. The molecule has 6 aromatic carbocycles. The second kappa shape index (κ2) is 22.3. The number of aromatic nitrogens is 1. The Hall–Kier alpha value is -8.24. The third kappa shape index (κ3) is 14.1. The molecule has 7 rings (SSSR count). The van der Waals surface area contributed by atoms with Gasteiger partial charge in [-0.1, -0.05) is 96.1 Å². The molecule has 1 heterocycles. The molecule has 0 saturated heterocycles. The largest absolute Gasteiger partial charge is 0.416 e. The van der Waals surface area contributed by atoms with Gasteiger partial charge in [0.05, 0.1) is 51.1 Å². The van der Waals surface area contributed by atoms with E-state index in [4.69, 9.17) is 5.53 Å². The fourth-order valence-electron chi connectivity index (χ4n) is 8.78. The van der Waals surface area contributed by atoms with Gasteiger partial charge in [-0.2, -0.15) is 132 Å². The van der Waals surface area contributed by atoms with Crippen molar-refractivity contribution < 1.29 is 120 Å². The molecule has 0 N–H and O–H groups in total. The van der Waals surface area contributed by atoms with Crippen LogP contribution in [0, 0.1) is 0 Å². The number of carbonyl (C=O) groups excluding carboxylic acids is 2. The molecule has 434 valence electrons. The number of benzene rings is 6. The van der Waals surface area contributed by atoms with Crippen LogP contribution >= 0.6 is 0 Å². The monoisotopic (exact) mass is 1190 g/mol. The molecule has 1 aromatic heterocycles. The van der Waals surface area contributed by atoms with Crippen molar-refractivity contribution in [3.05, 3.63) is 206 Å². The summed E-state index contributed by atoms with van der Waals surface area (Å²) in [6.07, 6.45) is -54.8. The van der Waals surface area contributed by atoms with E-state index in [0.29, 0.717) is 11.3 Å². The van der Waals surface area contributed by atoms with Gasteiger partial charge in [-0.3, -0.25) is 9.59 Å². The number of carbonyl (C=O) groups is 2. The number of rotatable bonds is 10. The fourth-order valence-corrected chi connectivity index (χ4v) is 8.78. The van der Waals surface area contributed by atoms with Crippen molar-refractivity contribution >= 4 is 50.5 Å². The van der Waals surface area contributed by atoms with Crippen LogP contribution in [0.1, 0.15) is 65.4 Å². The van der Waals surface area contributed by atoms with E-state index in [-0.39, 0.29) is 24.7 Å². The molecular weight excluding hydrogens is 1170 g/mol. The number of halogens is 24. The smallest absolute Gasteiger partial charge is 0.287 e. The molecule has 0 aliphatic carbocycles. The van der Waals surface area contributed by atoms with E-state index in [0.717, 1.165) is 10.9 Å². The number of ketones is 2. The SMILES string of the molecule is FC(F)(F)c1cc([B-](c2cc(C(F)(F)F)cc(C(F)(F)F)c2)(c2cc(C(F)(F)F)cc(C(F)(F)F)c2)c2cc(C(F)(F)F)cc(C(F)(F)F)c2)cc(C(F)(F)F)c1.[N-]=[N+]=NCC(=O)c1ccc2ccccc2[n+]1CC(=O)c1ccccc1. The molecule has 7 aromatic rings. The minimum Gasteiger partial charge on any atom is -0.287 e. The average molecular weight is 1190 g/mol. The number of fused-ring (bicyclic) bond motifs is 1. The third-order valence-electron chi connectivity index (χ3n) is 12.3. The van der Waals surface area contributed by atoms with E-state index < -0.39 is 195 Å². The number of nitrogens with zero attached hydrogens (tertiary/aromatic N) is 4. The van der Waals surface area contributed by atoms with Gasteiger partial charge in [0.15, 0.2) is 0 Å². The second-order valence-electron chi connectivity index (χ2n) is 17.7. The van der Waals surface area contributed by atoms with Crippen LogP contribution in [0.3, 0.4) is 0 Å². The Bertz CT molecular complexity index is 3150. The van der Waals surface area contributed by atoms with Crippen molar-refractivity contribution in [1.29, 1.82) is 0 Å². The summed E-state index contributed by atoms with van der Waals surface area (Å²) in [5.41, 5.74) is -20.1. The van der Waals surface area contributed by atoms with Crippen molar-refractivity contribution in [2.45, 2.75) is 56.0 Å². The number of Topliss-reactive ketones (excluding diaryl/α,β-unsaturated/α-hetero) is 2. The molecule has 0 aliphatic heterocycles. The van der Waals surface area contributed by atoms with Crippen LogP contribution in [-0.4, -0.2) is 24.3 Å². The molecule has 0 bridgehead atoms. The van der Waals surface area contributed by atoms with Crippen molar-refractivity contribution in [3.63, 3.8) is 0 Å². The van der Waals surface area contributed by atoms with E-state index in [9.17, 15) is 115 Å². The summed E-state index contributed by atoms with van der Waals surface area (Å²) in [5.74, 6) is -0.427. The van der Waals surface area contributed by atoms with Crippen LogP contribution in [0.5, 0.6) is 0 Å². The molecular formula is C51H27BF24N4O2. The molecule has 0 radical (unpaired) electrons. The van der Waals surface area contributed by atoms with Gasteiger partial charge in [0, 0.05) is 28.0 Å². The maximum Gasteiger partial charge on any atom is 0.416 e. The number of para-hydroxylation sites is 1. The highest BCUT2D eigenvalue weighted by Gasteiger charge is 2.47. The van der Waals surface area contributed by atoms with Crippen molar-refractivity contribution in [2.75, 3.05) is 6.54 Å². The van der Waals surface area contributed by atoms with Crippen molar-refractivity contribution in [2.24, 2.45) is 5.11 Å². The second-order valence-corrected chi connectivity index (χ2v) is 17.7. The highest BCUT2D eigenvalue weighted by atomic mass is 19.4. The molecule has 0 saturated carbocycles. The summed E-state index contributed by atoms with van der Waals surface area (Å²) in [5, 5.41) is 4.26. The Kier molecular flexibility index (Phi) is 17.1. The van der Waals surface area contributed by atoms with Crippen LogP contribution in [-0.2, 0) is 56.0 Å². The van der Waals surface area contributed by atoms with Crippen LogP contribution < -0.4 is 26.4 Å². The summed E-state index contributed by atoms with van der Waals surface area (Å²) in [6, 6.07) is 11.1. The summed E-state index contributed by atoms with van der Waals surface area (Å²) in [7, 11) is 0. The van der Waals surface area contributed by atoms with Crippen molar-refractivity contribution in [3.8, 4) is 0 Å². The van der Waals surface area contributed by atoms with E-state index in [1.807, 2.05) is 36.4 Å². The Morgan fingerprint density at radius 3 is 0.976 bits per heavy atom. The van der Waals surface area contributed by atoms with Gasteiger partial charge in [0.25, 0.3) is 0 Å². The first-order valence-electron chi connectivity index (χ1n) is 22.4. The Labute approximate surface area is 442 Å². The van der Waals surface area contributed by atoms with E-state index >= 15 is 0 Å². The average Bonchev–Trinajstić information content (AvgIpc) is 3.56. The predicted molar refractivity (Wildman–Crippen MR) is 243 cm³/mol. The summed E-state index contributed by atoms with van der Waals surface area (Å²) >= 11 is 0. The van der Waals surface area contributed by atoms with E-state index in [2.05, 4.69) is 10.0 Å². The van der Waals surface area contributed by atoms with Crippen LogP contribution in [0.25, 0.3) is 21.3 Å². The number of alkyl halides is 24. The molecule has 82 heavy (non-hydrogen) atoms. The van der Waals surface area contributed by atoms with E-state index in [1.165, 1.54) is 0 Å². The minimum atomic E-state index is -6.13. The lowest BCUT2D eigenvalue weighted by Crippen LogP contribution is -2.75. The summed E-state index contributed by atoms with van der Waals surface area (Å²) in [4.78, 5) is 27.7. The lowest BCUT2D eigenvalue weighted by atomic mass is 9.12. The molecule has 0 fully saturated rings. The van der Waals surface area contributed by atoms with Crippen LogP contribution in [0.2, 0.25) is 0 Å². The third-order valence-corrected chi connectivity index (χ3v) is 12.3. The predicted octanol–water partition coefficient (Wildman–Crippen LogP) is 14.7. The standard InChI is InChI=1S/C32H12BF24.C19H15N4O2/c34-25(35,36)13-1-14(26(37,38)39)6-21(5-13)33(22-7-15(27(40,41)42)2-16(8-22)28(43,44)45,23-9-17(29(46,47)48)3-18(10-23)30(49,50)51)24-11-19(31(52,53)54)4-20(12-24)32(55,56)57;20-22-21-12-18(24)17-11-10-14-6-4-5-9-16(14)23(17)13-19(25)15-7-2-1-3-8-15/h1-12H;1-11H,12-13H2/q-1;+1. The lowest BCUT2D eigenvalue weighted by molar-refractivity contribution is -0.659. The highest BCUT2D eigenvalue weighted by molar-refractivity contribution is 7.20. The lowest BCUT2D eigenvalue weighted by Gasteiger charge is -2.46. The van der Waals surface area contributed by atoms with Gasteiger partial charge in [0.2, 0.25) is 29.3 Å². The van der Waals surface area contributed by atoms with Crippen LogP contribution in [0.15, 0.2) is 145 Å². The molecule has 0 unspecified atom stereocenters. The molecule has 0 aliphatic rings. The Balaban J connectivity index is 0.000000357. The van der Waals surface area contributed by atoms with Gasteiger partial charge in [0.1, 0.15) is 6.15 Å². The van der Waals surface area contributed by atoms with Crippen molar-refractivity contribution in [1.82, 2.24) is 0 Å². The number of hydrogen-bond donors (Lipinski definition) is 0. The van der Waals surface area contributed by atoms with Crippen LogP contribution in [0.4, 0.5) is 105 Å². The van der Waals surface area contributed by atoms with Gasteiger partial charge in [-0.15, -0.1) is 0 Å². The topological polar surface area (TPSA) is 86.8 Å². The molecule has 31 heteroatoms. The first-order chi connectivity index (χ1) is 37.5. The van der Waals surface area contributed by atoms with Gasteiger partial charge >= 0.3 is 49.4 Å². The minimum absolute atomic E-state index is 0.0305. The van der Waals surface area contributed by atoms with Gasteiger partial charge < -0.3 is 0 Å². The normalized spacial score (nSPS) is 13.1. The zero-order valence-electron chi connectivity index (χ0n) is 39.9. The summed E-state index contributed by atoms with van der Waals surface area (Å²) in [6.45, 7) is -0.253. The van der Waals surface area contributed by atoms with Gasteiger partial charge in [-0.25, -0.2) is 0 Å². The quantitative estimate of drug-likeness (QED) is 0.0260.